The Morgan fingerprint density at radius 2 is 2.05 bits per heavy atom. The summed E-state index contributed by atoms with van der Waals surface area (Å²) in [5, 5.41) is 10.1. The van der Waals surface area contributed by atoms with Gasteiger partial charge in [-0.2, -0.15) is 8.42 Å². The number of rotatable bonds is 3. The summed E-state index contributed by atoms with van der Waals surface area (Å²) in [4.78, 5) is 0. The predicted molar refractivity (Wildman–Crippen MR) is 77.0 cm³/mol. The quantitative estimate of drug-likeness (QED) is 0.772. The topological polar surface area (TPSA) is 98.0 Å². The van der Waals surface area contributed by atoms with E-state index < -0.39 is 10.0 Å². The maximum absolute atomic E-state index is 12.0. The Morgan fingerprint density at radius 3 is 2.79 bits per heavy atom. The van der Waals surface area contributed by atoms with Gasteiger partial charge in [0.1, 0.15) is 0 Å². The van der Waals surface area contributed by atoms with Crippen LogP contribution in [0, 0.1) is 0 Å². The summed E-state index contributed by atoms with van der Waals surface area (Å²) in [5.41, 5.74) is 5.87. The van der Waals surface area contributed by atoms with Crippen LogP contribution < -0.4 is 10.5 Å². The Kier molecular flexibility index (Phi) is 2.88. The van der Waals surface area contributed by atoms with Crippen LogP contribution in [0.5, 0.6) is 0 Å². The molecule has 0 fully saturated rings. The summed E-state index contributed by atoms with van der Waals surface area (Å²) in [5.74, 6) is 0. The number of anilines is 2. The van der Waals surface area contributed by atoms with Crippen molar-refractivity contribution in [3.8, 4) is 0 Å². The summed E-state index contributed by atoms with van der Waals surface area (Å²) in [6.07, 6.45) is 0. The van der Waals surface area contributed by atoms with Crippen molar-refractivity contribution < 1.29 is 8.42 Å². The average Bonchev–Trinajstić information content (AvgIpc) is 2.96. The van der Waals surface area contributed by atoms with Crippen molar-refractivity contribution >= 4 is 53.6 Å². The van der Waals surface area contributed by atoms with Crippen molar-refractivity contribution in [2.24, 2.45) is 0 Å². The molecule has 0 aliphatic heterocycles. The highest BCUT2D eigenvalue weighted by Crippen LogP contribution is 2.26. The molecule has 2 heterocycles. The zero-order valence-corrected chi connectivity index (χ0v) is 11.8. The summed E-state index contributed by atoms with van der Waals surface area (Å²) in [7, 11) is -3.73. The highest BCUT2D eigenvalue weighted by molar-refractivity contribution is 7.94. The van der Waals surface area contributed by atoms with Gasteiger partial charge in [-0.3, -0.25) is 4.72 Å². The van der Waals surface area contributed by atoms with Gasteiger partial charge in [0.2, 0.25) is 5.13 Å². The lowest BCUT2D eigenvalue weighted by Crippen LogP contribution is -2.12. The molecule has 98 valence electrons. The van der Waals surface area contributed by atoms with E-state index in [9.17, 15) is 8.42 Å². The minimum absolute atomic E-state index is 0.119. The summed E-state index contributed by atoms with van der Waals surface area (Å²) < 4.78 is 27.5. The van der Waals surface area contributed by atoms with Crippen molar-refractivity contribution in [2.45, 2.75) is 4.34 Å². The summed E-state index contributed by atoms with van der Waals surface area (Å²) in [6.45, 7) is 0. The molecule has 6 nitrogen and oxygen atoms in total. The van der Waals surface area contributed by atoms with Gasteiger partial charge in [0, 0.05) is 10.4 Å². The normalized spacial score (nSPS) is 11.8. The molecule has 2 aromatic heterocycles. The second-order valence-electron chi connectivity index (χ2n) is 3.68. The molecular formula is C10H8N4O2S3. The maximum Gasteiger partial charge on any atom is 0.291 e. The lowest BCUT2D eigenvalue weighted by atomic mass is 10.2. The number of fused-ring (bicyclic) bond motifs is 1. The predicted octanol–water partition coefficient (Wildman–Crippen LogP) is 2.14. The molecule has 0 atom stereocenters. The number of aromatic nitrogens is 2. The van der Waals surface area contributed by atoms with E-state index in [0.29, 0.717) is 5.69 Å². The van der Waals surface area contributed by atoms with Gasteiger partial charge < -0.3 is 5.73 Å². The molecule has 3 aromatic rings. The Labute approximate surface area is 117 Å². The fourth-order valence-corrected chi connectivity index (χ4v) is 4.16. The number of benzene rings is 1. The second-order valence-corrected chi connectivity index (χ2v) is 7.50. The number of nitrogens with two attached hydrogens (primary N) is 1. The Bertz CT molecular complexity index is 837. The van der Waals surface area contributed by atoms with E-state index in [1.807, 2.05) is 17.5 Å². The van der Waals surface area contributed by atoms with Crippen LogP contribution in [0.2, 0.25) is 0 Å². The number of hydrogen-bond acceptors (Lipinski definition) is 7. The van der Waals surface area contributed by atoms with Crippen molar-refractivity contribution in [3.05, 3.63) is 29.6 Å². The molecule has 0 amide bonds. The zero-order valence-electron chi connectivity index (χ0n) is 9.40. The Hall–Kier alpha value is -1.71. The third-order valence-electron chi connectivity index (χ3n) is 2.36. The van der Waals surface area contributed by atoms with Crippen LogP contribution in [0.3, 0.4) is 0 Å². The van der Waals surface area contributed by atoms with Gasteiger partial charge in [-0.25, -0.2) is 0 Å². The Morgan fingerprint density at radius 1 is 1.21 bits per heavy atom. The molecule has 1 aromatic carbocycles. The van der Waals surface area contributed by atoms with Crippen LogP contribution in [0.4, 0.5) is 10.8 Å². The zero-order chi connectivity index (χ0) is 13.5. The first-order valence-electron chi connectivity index (χ1n) is 5.14. The van der Waals surface area contributed by atoms with E-state index in [2.05, 4.69) is 14.9 Å². The van der Waals surface area contributed by atoms with E-state index in [1.165, 1.54) is 0 Å². The molecule has 9 heteroatoms. The molecule has 0 bridgehead atoms. The van der Waals surface area contributed by atoms with E-state index in [0.717, 1.165) is 21.4 Å². The van der Waals surface area contributed by atoms with Crippen LogP contribution in [0.1, 0.15) is 0 Å². The Balaban J connectivity index is 1.95. The number of hydrogen-bond donors (Lipinski definition) is 2. The third kappa shape index (κ3) is 2.39. The van der Waals surface area contributed by atoms with E-state index >= 15 is 0 Å². The van der Waals surface area contributed by atoms with Gasteiger partial charge >= 0.3 is 0 Å². The minimum atomic E-state index is -3.73. The average molecular weight is 312 g/mol. The van der Waals surface area contributed by atoms with Crippen molar-refractivity contribution in [2.75, 3.05) is 10.5 Å². The largest absolute Gasteiger partial charge is 0.374 e. The van der Waals surface area contributed by atoms with Crippen LogP contribution in [-0.4, -0.2) is 18.6 Å². The maximum atomic E-state index is 12.0. The smallest absolute Gasteiger partial charge is 0.291 e. The van der Waals surface area contributed by atoms with Crippen LogP contribution in [0.25, 0.3) is 10.1 Å². The molecule has 0 unspecified atom stereocenters. The highest BCUT2D eigenvalue weighted by atomic mass is 32.2. The number of sulfonamides is 1. The van der Waals surface area contributed by atoms with E-state index in [4.69, 9.17) is 5.73 Å². The number of nitrogens with zero attached hydrogens (tertiary/aromatic N) is 2. The molecule has 0 radical (unpaired) electrons. The van der Waals surface area contributed by atoms with Crippen LogP contribution in [-0.2, 0) is 10.0 Å². The third-order valence-corrected chi connectivity index (χ3v) is 5.76. The molecule has 0 saturated heterocycles. The number of nitrogen functional groups attached to an aromatic ring is 1. The lowest BCUT2D eigenvalue weighted by molar-refractivity contribution is 0.599. The first-order valence-corrected chi connectivity index (χ1v) is 8.31. The SMILES string of the molecule is Nc1nnc(S(=O)(=O)Nc2ccc3sccc3c2)s1. The molecule has 19 heavy (non-hydrogen) atoms. The van der Waals surface area contributed by atoms with E-state index in [-0.39, 0.29) is 9.47 Å². The van der Waals surface area contributed by atoms with Gasteiger partial charge in [-0.05, 0) is 35.0 Å². The summed E-state index contributed by atoms with van der Waals surface area (Å²) in [6, 6.07) is 7.28. The molecule has 3 N–H and O–H groups in total. The van der Waals surface area contributed by atoms with Gasteiger partial charge in [-0.1, -0.05) is 11.3 Å². The van der Waals surface area contributed by atoms with Crippen LogP contribution in [0.15, 0.2) is 34.0 Å². The van der Waals surface area contributed by atoms with Gasteiger partial charge in [-0.15, -0.1) is 21.5 Å². The fraction of sp³-hybridized carbons (Fsp3) is 0. The molecular weight excluding hydrogens is 304 g/mol. The highest BCUT2D eigenvalue weighted by Gasteiger charge is 2.19. The second kappa shape index (κ2) is 4.44. The van der Waals surface area contributed by atoms with Crippen molar-refractivity contribution in [3.63, 3.8) is 0 Å². The molecule has 0 spiro atoms. The first-order chi connectivity index (χ1) is 9.04. The molecule has 0 saturated carbocycles. The van der Waals surface area contributed by atoms with Gasteiger partial charge in [0.05, 0.1) is 0 Å². The van der Waals surface area contributed by atoms with E-state index in [1.54, 1.807) is 23.5 Å². The van der Waals surface area contributed by atoms with Gasteiger partial charge in [0.15, 0.2) is 0 Å². The summed E-state index contributed by atoms with van der Waals surface area (Å²) >= 11 is 2.43. The van der Waals surface area contributed by atoms with Crippen LogP contribution >= 0.6 is 22.7 Å². The lowest BCUT2D eigenvalue weighted by Gasteiger charge is -2.04. The first kappa shape index (κ1) is 12.3. The number of nitrogens with one attached hydrogen (secondary N) is 1. The minimum Gasteiger partial charge on any atom is -0.374 e. The molecule has 3 rings (SSSR count). The molecule has 0 aliphatic carbocycles. The molecule has 0 aliphatic rings. The fourth-order valence-electron chi connectivity index (χ4n) is 1.56. The van der Waals surface area contributed by atoms with Gasteiger partial charge in [0.25, 0.3) is 14.4 Å². The van der Waals surface area contributed by atoms with Crippen molar-refractivity contribution in [1.29, 1.82) is 0 Å². The number of thiophene rings is 1. The monoisotopic (exact) mass is 312 g/mol. The standard InChI is InChI=1S/C10H8N4O2S3/c11-9-12-13-10(18-9)19(15,16)14-7-1-2-8-6(5-7)3-4-17-8/h1-5,14H,(H2,11,12). The van der Waals surface area contributed by atoms with Crippen molar-refractivity contribution in [1.82, 2.24) is 10.2 Å².